The van der Waals surface area contributed by atoms with E-state index in [1.54, 1.807) is 14.2 Å². The molecule has 0 saturated carbocycles. The lowest BCUT2D eigenvalue weighted by Crippen LogP contribution is -1.91. The lowest BCUT2D eigenvalue weighted by molar-refractivity contribution is 0.355. The van der Waals surface area contributed by atoms with E-state index in [1.165, 1.54) is 12.3 Å². The molecule has 0 amide bonds. The summed E-state index contributed by atoms with van der Waals surface area (Å²) in [5.41, 5.74) is 3.54. The zero-order valence-corrected chi connectivity index (χ0v) is 13.6. The first-order valence-electron chi connectivity index (χ1n) is 7.46. The van der Waals surface area contributed by atoms with Crippen LogP contribution in [0.5, 0.6) is 11.5 Å². The first kappa shape index (κ1) is 14.6. The molecule has 3 heterocycles. The van der Waals surface area contributed by atoms with Crippen molar-refractivity contribution in [1.82, 2.24) is 14.5 Å². The Morgan fingerprint density at radius 3 is 2.58 bits per heavy atom. The van der Waals surface area contributed by atoms with Crippen LogP contribution in [0.4, 0.5) is 4.39 Å². The Balaban J connectivity index is 1.98. The molecular formula is C18H16FN3O2. The molecule has 0 atom stereocenters. The number of aromatic amines is 1. The third kappa shape index (κ3) is 2.11. The van der Waals surface area contributed by atoms with Gasteiger partial charge in [-0.25, -0.2) is 9.37 Å². The van der Waals surface area contributed by atoms with E-state index in [9.17, 15) is 4.39 Å². The van der Waals surface area contributed by atoms with Crippen molar-refractivity contribution in [3.63, 3.8) is 0 Å². The third-order valence-electron chi connectivity index (χ3n) is 4.22. The van der Waals surface area contributed by atoms with Gasteiger partial charge in [0.15, 0.2) is 11.5 Å². The summed E-state index contributed by atoms with van der Waals surface area (Å²) in [6, 6.07) is 7.26. The number of hydrogen-bond donors (Lipinski definition) is 1. The van der Waals surface area contributed by atoms with Crippen molar-refractivity contribution >= 4 is 21.9 Å². The number of hydrogen-bond acceptors (Lipinski definition) is 3. The summed E-state index contributed by atoms with van der Waals surface area (Å²) in [5, 5.41) is 1.75. The number of halogens is 1. The van der Waals surface area contributed by atoms with Gasteiger partial charge < -0.3 is 19.0 Å². The quantitative estimate of drug-likeness (QED) is 0.622. The van der Waals surface area contributed by atoms with Crippen LogP contribution in [0.25, 0.3) is 33.2 Å². The molecule has 0 fully saturated rings. The number of H-pyrrole nitrogens is 1. The van der Waals surface area contributed by atoms with Crippen molar-refractivity contribution in [2.24, 2.45) is 7.05 Å². The molecule has 0 aliphatic heterocycles. The zero-order chi connectivity index (χ0) is 16.8. The maximum absolute atomic E-state index is 13.4. The first-order valence-corrected chi connectivity index (χ1v) is 7.46. The molecule has 6 heteroatoms. The lowest BCUT2D eigenvalue weighted by Gasteiger charge is -2.08. The minimum Gasteiger partial charge on any atom is -0.493 e. The van der Waals surface area contributed by atoms with Crippen molar-refractivity contribution < 1.29 is 13.9 Å². The predicted molar refractivity (Wildman–Crippen MR) is 91.1 cm³/mol. The van der Waals surface area contributed by atoms with Gasteiger partial charge in [0.05, 0.1) is 25.9 Å². The molecule has 5 nitrogen and oxygen atoms in total. The van der Waals surface area contributed by atoms with E-state index >= 15 is 0 Å². The van der Waals surface area contributed by atoms with Gasteiger partial charge >= 0.3 is 0 Å². The maximum Gasteiger partial charge on any atom is 0.162 e. The number of pyridine rings is 1. The molecule has 0 bridgehead atoms. The number of nitrogens with one attached hydrogen (secondary N) is 1. The van der Waals surface area contributed by atoms with Gasteiger partial charge in [0, 0.05) is 41.3 Å². The number of nitrogens with zero attached hydrogens (tertiary/aromatic N) is 2. The van der Waals surface area contributed by atoms with Crippen LogP contribution in [-0.2, 0) is 7.05 Å². The Hall–Kier alpha value is -3.02. The highest BCUT2D eigenvalue weighted by molar-refractivity contribution is 5.99. The Morgan fingerprint density at radius 1 is 1.08 bits per heavy atom. The molecule has 0 spiro atoms. The van der Waals surface area contributed by atoms with E-state index in [4.69, 9.17) is 9.47 Å². The Bertz CT molecular complexity index is 1070. The van der Waals surface area contributed by atoms with E-state index in [2.05, 4.69) is 9.97 Å². The topological polar surface area (TPSA) is 52.1 Å². The van der Waals surface area contributed by atoms with E-state index in [1.807, 2.05) is 36.0 Å². The third-order valence-corrected chi connectivity index (χ3v) is 4.22. The average molecular weight is 325 g/mol. The molecule has 3 aromatic heterocycles. The van der Waals surface area contributed by atoms with Gasteiger partial charge in [0.1, 0.15) is 11.5 Å². The van der Waals surface area contributed by atoms with Crippen LogP contribution in [0.1, 0.15) is 0 Å². The van der Waals surface area contributed by atoms with Gasteiger partial charge in [0.2, 0.25) is 0 Å². The van der Waals surface area contributed by atoms with Crippen LogP contribution in [0, 0.1) is 5.82 Å². The molecule has 0 aliphatic rings. The lowest BCUT2D eigenvalue weighted by atomic mass is 10.1. The maximum atomic E-state index is 13.4. The van der Waals surface area contributed by atoms with E-state index in [0.29, 0.717) is 17.1 Å². The van der Waals surface area contributed by atoms with Crippen molar-refractivity contribution in [3.8, 4) is 22.8 Å². The fourth-order valence-corrected chi connectivity index (χ4v) is 3.06. The normalized spacial score (nSPS) is 11.3. The second-order valence-corrected chi connectivity index (χ2v) is 5.65. The first-order chi connectivity index (χ1) is 11.6. The van der Waals surface area contributed by atoms with Crippen molar-refractivity contribution in [3.05, 3.63) is 42.5 Å². The molecule has 4 rings (SSSR count). The SMILES string of the molecule is COc1cc2c(-c3cc4cc(F)cnc4[nH]3)cn(C)c2cc1OC. The van der Waals surface area contributed by atoms with Crippen LogP contribution in [-0.4, -0.2) is 28.8 Å². The minimum absolute atomic E-state index is 0.350. The van der Waals surface area contributed by atoms with Crippen LogP contribution in [0.15, 0.2) is 36.7 Å². The van der Waals surface area contributed by atoms with E-state index in [0.717, 1.165) is 27.5 Å². The number of rotatable bonds is 3. The summed E-state index contributed by atoms with van der Waals surface area (Å²) in [6.45, 7) is 0. The molecule has 1 N–H and O–H groups in total. The van der Waals surface area contributed by atoms with Gasteiger partial charge in [0.25, 0.3) is 0 Å². The van der Waals surface area contributed by atoms with Crippen molar-refractivity contribution in [2.75, 3.05) is 14.2 Å². The van der Waals surface area contributed by atoms with E-state index in [-0.39, 0.29) is 5.82 Å². The summed E-state index contributed by atoms with van der Waals surface area (Å²) < 4.78 is 26.2. The Kier molecular flexibility index (Phi) is 3.19. The van der Waals surface area contributed by atoms with Crippen LogP contribution < -0.4 is 9.47 Å². The molecule has 0 radical (unpaired) electrons. The number of aryl methyl sites for hydroxylation is 1. The molecule has 1 aromatic carbocycles. The molecule has 24 heavy (non-hydrogen) atoms. The second-order valence-electron chi connectivity index (χ2n) is 5.65. The highest BCUT2D eigenvalue weighted by Gasteiger charge is 2.15. The highest BCUT2D eigenvalue weighted by Crippen LogP contribution is 2.38. The van der Waals surface area contributed by atoms with Crippen molar-refractivity contribution in [1.29, 1.82) is 0 Å². The monoisotopic (exact) mass is 325 g/mol. The molecule has 0 unspecified atom stereocenters. The Labute approximate surface area is 137 Å². The number of fused-ring (bicyclic) bond motifs is 2. The second kappa shape index (κ2) is 5.26. The standard InChI is InChI=1S/C18H16FN3O2/c1-22-9-13(12-6-16(23-2)17(24-3)7-15(12)22)14-5-10-4-11(19)8-20-18(10)21-14/h4-9H,1-3H3,(H,20,21). The van der Waals surface area contributed by atoms with Gasteiger partial charge in [-0.05, 0) is 18.2 Å². The van der Waals surface area contributed by atoms with Crippen molar-refractivity contribution in [2.45, 2.75) is 0 Å². The number of methoxy groups -OCH3 is 2. The summed E-state index contributed by atoms with van der Waals surface area (Å²) >= 11 is 0. The van der Waals surface area contributed by atoms with Gasteiger partial charge in [-0.3, -0.25) is 0 Å². The van der Waals surface area contributed by atoms with Crippen LogP contribution >= 0.6 is 0 Å². The Morgan fingerprint density at radius 2 is 1.83 bits per heavy atom. The summed E-state index contributed by atoms with van der Waals surface area (Å²) in [4.78, 5) is 7.34. The average Bonchev–Trinajstić information content (AvgIpc) is 3.14. The number of aromatic nitrogens is 3. The molecule has 0 aliphatic carbocycles. The van der Waals surface area contributed by atoms with Gasteiger partial charge in [-0.15, -0.1) is 0 Å². The van der Waals surface area contributed by atoms with E-state index < -0.39 is 0 Å². The number of ether oxygens (including phenoxy) is 2. The largest absolute Gasteiger partial charge is 0.493 e. The van der Waals surface area contributed by atoms with Crippen LogP contribution in [0.2, 0.25) is 0 Å². The summed E-state index contributed by atoms with van der Waals surface area (Å²) in [7, 11) is 5.20. The smallest absolute Gasteiger partial charge is 0.162 e. The van der Waals surface area contributed by atoms with Gasteiger partial charge in [-0.2, -0.15) is 0 Å². The molecular weight excluding hydrogens is 309 g/mol. The van der Waals surface area contributed by atoms with Crippen LogP contribution in [0.3, 0.4) is 0 Å². The molecule has 4 aromatic rings. The summed E-state index contributed by atoms with van der Waals surface area (Å²) in [5.74, 6) is 0.994. The molecule has 122 valence electrons. The predicted octanol–water partition coefficient (Wildman–Crippen LogP) is 3.88. The zero-order valence-electron chi connectivity index (χ0n) is 13.6. The van der Waals surface area contributed by atoms with Gasteiger partial charge in [-0.1, -0.05) is 0 Å². The highest BCUT2D eigenvalue weighted by atomic mass is 19.1. The summed E-state index contributed by atoms with van der Waals surface area (Å²) in [6.07, 6.45) is 3.23. The number of benzene rings is 1. The molecule has 0 saturated heterocycles. The minimum atomic E-state index is -0.350. The fourth-order valence-electron chi connectivity index (χ4n) is 3.06. The fraction of sp³-hybridized carbons (Fsp3) is 0.167.